The summed E-state index contributed by atoms with van der Waals surface area (Å²) in [7, 11) is 0. The number of carbonyl (C=O) groups is 1. The van der Waals surface area contributed by atoms with Gasteiger partial charge in [-0.05, 0) is 18.1 Å². The van der Waals surface area contributed by atoms with Crippen molar-refractivity contribution < 1.29 is 18.7 Å². The van der Waals surface area contributed by atoms with Gasteiger partial charge in [0, 0.05) is 11.9 Å². The molecule has 2 rings (SSSR count). The number of nitrogens with one attached hydrogen (secondary N) is 1. The molecule has 0 aliphatic heterocycles. The van der Waals surface area contributed by atoms with E-state index < -0.39 is 17.8 Å². The summed E-state index contributed by atoms with van der Waals surface area (Å²) in [4.78, 5) is 11.8. The van der Waals surface area contributed by atoms with Gasteiger partial charge >= 0.3 is 0 Å². The minimum absolute atomic E-state index is 0.0380. The van der Waals surface area contributed by atoms with Gasteiger partial charge in [-0.15, -0.1) is 0 Å². The predicted molar refractivity (Wildman–Crippen MR) is 69.4 cm³/mol. The molecule has 0 fully saturated rings. The zero-order chi connectivity index (χ0) is 14.0. The van der Waals surface area contributed by atoms with E-state index in [0.717, 1.165) is 0 Å². The Bertz CT molecular complexity index is 591. The molecule has 1 unspecified atom stereocenters. The van der Waals surface area contributed by atoms with E-state index in [0.29, 0.717) is 5.39 Å². The summed E-state index contributed by atoms with van der Waals surface area (Å²) in [5.74, 6) is -0.876. The summed E-state index contributed by atoms with van der Waals surface area (Å²) < 4.78 is 18.6. The monoisotopic (exact) mass is 265 g/mol. The molecule has 5 heteroatoms. The van der Waals surface area contributed by atoms with Gasteiger partial charge < -0.3 is 14.8 Å². The highest BCUT2D eigenvalue weighted by atomic mass is 19.1. The third kappa shape index (κ3) is 2.93. The summed E-state index contributed by atoms with van der Waals surface area (Å²) in [6.07, 6.45) is -0.620. The van der Waals surface area contributed by atoms with Crippen LogP contribution in [0.5, 0.6) is 0 Å². The van der Waals surface area contributed by atoms with E-state index in [4.69, 9.17) is 4.42 Å². The number of aliphatic hydroxyl groups is 1. The van der Waals surface area contributed by atoms with E-state index in [9.17, 15) is 14.3 Å². The van der Waals surface area contributed by atoms with Crippen LogP contribution < -0.4 is 5.32 Å². The Morgan fingerprint density at radius 2 is 2.21 bits per heavy atom. The summed E-state index contributed by atoms with van der Waals surface area (Å²) in [6, 6.07) is 5.98. The molecule has 1 aromatic heterocycles. The second-order valence-electron chi connectivity index (χ2n) is 4.79. The van der Waals surface area contributed by atoms with Gasteiger partial charge in [-0.3, -0.25) is 4.79 Å². The van der Waals surface area contributed by atoms with Crippen LogP contribution in [0.3, 0.4) is 0 Å². The molecule has 0 aliphatic rings. The van der Waals surface area contributed by atoms with Crippen LogP contribution in [0, 0.1) is 11.7 Å². The molecular weight excluding hydrogens is 249 g/mol. The Morgan fingerprint density at radius 1 is 1.47 bits per heavy atom. The number of amides is 1. The van der Waals surface area contributed by atoms with Crippen LogP contribution in [0.15, 0.2) is 28.7 Å². The summed E-state index contributed by atoms with van der Waals surface area (Å²) >= 11 is 0. The van der Waals surface area contributed by atoms with E-state index >= 15 is 0 Å². The lowest BCUT2D eigenvalue weighted by Gasteiger charge is -2.14. The number of hydrogen-bond acceptors (Lipinski definition) is 3. The van der Waals surface area contributed by atoms with Crippen molar-refractivity contribution in [3.63, 3.8) is 0 Å². The van der Waals surface area contributed by atoms with Gasteiger partial charge in [-0.2, -0.15) is 0 Å². The number of aliphatic hydroxyl groups excluding tert-OH is 1. The Morgan fingerprint density at radius 3 is 2.84 bits per heavy atom. The Balaban J connectivity index is 2.12. The zero-order valence-electron chi connectivity index (χ0n) is 10.8. The first kappa shape index (κ1) is 13.5. The molecule has 4 nitrogen and oxygen atoms in total. The van der Waals surface area contributed by atoms with Crippen molar-refractivity contribution in [2.75, 3.05) is 6.54 Å². The molecule has 0 aliphatic carbocycles. The van der Waals surface area contributed by atoms with E-state index in [-0.39, 0.29) is 23.8 Å². The van der Waals surface area contributed by atoms with Gasteiger partial charge in [0.1, 0.15) is 0 Å². The molecule has 1 amide bonds. The van der Waals surface area contributed by atoms with Crippen molar-refractivity contribution in [1.82, 2.24) is 5.32 Å². The third-order valence-electron chi connectivity index (χ3n) is 2.96. The quantitative estimate of drug-likeness (QED) is 0.891. The molecule has 0 radical (unpaired) electrons. The van der Waals surface area contributed by atoms with Crippen LogP contribution in [-0.2, 0) is 0 Å². The van der Waals surface area contributed by atoms with E-state index in [1.54, 1.807) is 12.1 Å². The fourth-order valence-corrected chi connectivity index (χ4v) is 1.66. The average Bonchev–Trinajstić information content (AvgIpc) is 2.80. The molecule has 1 heterocycles. The van der Waals surface area contributed by atoms with Crippen LogP contribution >= 0.6 is 0 Å². The molecule has 0 saturated heterocycles. The van der Waals surface area contributed by atoms with Crippen molar-refractivity contribution in [2.45, 2.75) is 20.0 Å². The van der Waals surface area contributed by atoms with Gasteiger partial charge in [0.2, 0.25) is 0 Å². The van der Waals surface area contributed by atoms with Gasteiger partial charge in [0.05, 0.1) is 6.10 Å². The number of benzene rings is 1. The first-order valence-electron chi connectivity index (χ1n) is 6.13. The number of hydrogen-bond donors (Lipinski definition) is 2. The van der Waals surface area contributed by atoms with E-state index in [1.807, 2.05) is 13.8 Å². The van der Waals surface area contributed by atoms with Crippen molar-refractivity contribution in [1.29, 1.82) is 0 Å². The molecule has 2 aromatic rings. The highest BCUT2D eigenvalue weighted by Crippen LogP contribution is 2.21. The Labute approximate surface area is 110 Å². The number of carbonyl (C=O) groups excluding carboxylic acids is 1. The maximum Gasteiger partial charge on any atom is 0.287 e. The predicted octanol–water partition coefficient (Wildman–Crippen LogP) is 2.32. The van der Waals surface area contributed by atoms with Gasteiger partial charge in [-0.25, -0.2) is 4.39 Å². The molecule has 0 spiro atoms. The topological polar surface area (TPSA) is 62.5 Å². The summed E-state index contributed by atoms with van der Waals surface area (Å²) in [5, 5.41) is 12.7. The van der Waals surface area contributed by atoms with Crippen LogP contribution in [0.4, 0.5) is 4.39 Å². The fourth-order valence-electron chi connectivity index (χ4n) is 1.66. The SMILES string of the molecule is CC(C)C(O)CNC(=O)c1cc2cccc(F)c2o1. The minimum Gasteiger partial charge on any atom is -0.448 e. The molecule has 0 saturated carbocycles. The second-order valence-corrected chi connectivity index (χ2v) is 4.79. The highest BCUT2D eigenvalue weighted by molar-refractivity contribution is 5.96. The van der Waals surface area contributed by atoms with Crippen LogP contribution in [0.25, 0.3) is 11.0 Å². The maximum atomic E-state index is 13.4. The lowest BCUT2D eigenvalue weighted by molar-refractivity contribution is 0.0848. The molecule has 19 heavy (non-hydrogen) atoms. The van der Waals surface area contributed by atoms with E-state index in [1.165, 1.54) is 12.1 Å². The fraction of sp³-hybridized carbons (Fsp3) is 0.357. The molecule has 0 bridgehead atoms. The summed E-state index contributed by atoms with van der Waals surface area (Å²) in [6.45, 7) is 3.84. The maximum absolute atomic E-state index is 13.4. The van der Waals surface area contributed by atoms with Crippen molar-refractivity contribution >= 4 is 16.9 Å². The normalized spacial score (nSPS) is 12.9. The smallest absolute Gasteiger partial charge is 0.287 e. The second kappa shape index (κ2) is 5.40. The average molecular weight is 265 g/mol. The minimum atomic E-state index is -0.620. The number of furan rings is 1. The van der Waals surface area contributed by atoms with Crippen molar-refractivity contribution in [3.8, 4) is 0 Å². The Kier molecular flexibility index (Phi) is 3.85. The lowest BCUT2D eigenvalue weighted by atomic mass is 10.1. The first-order chi connectivity index (χ1) is 8.99. The van der Waals surface area contributed by atoms with Crippen LogP contribution in [0.1, 0.15) is 24.4 Å². The van der Waals surface area contributed by atoms with Crippen LogP contribution in [-0.4, -0.2) is 23.7 Å². The van der Waals surface area contributed by atoms with Gasteiger partial charge in [-0.1, -0.05) is 26.0 Å². The number of rotatable bonds is 4. The lowest BCUT2D eigenvalue weighted by Crippen LogP contribution is -2.34. The zero-order valence-corrected chi connectivity index (χ0v) is 10.8. The standard InChI is InChI=1S/C14H16FNO3/c1-8(2)11(17)7-16-14(18)12-6-9-4-3-5-10(15)13(9)19-12/h3-6,8,11,17H,7H2,1-2H3,(H,16,18). The molecule has 1 atom stereocenters. The highest BCUT2D eigenvalue weighted by Gasteiger charge is 2.16. The third-order valence-corrected chi connectivity index (χ3v) is 2.96. The summed E-state index contributed by atoms with van der Waals surface area (Å²) in [5.41, 5.74) is 0.0667. The number of halogens is 1. The van der Waals surface area contributed by atoms with Crippen molar-refractivity contribution in [2.24, 2.45) is 5.92 Å². The Hall–Kier alpha value is -1.88. The van der Waals surface area contributed by atoms with E-state index in [2.05, 4.69) is 5.32 Å². The van der Waals surface area contributed by atoms with Gasteiger partial charge in [0.25, 0.3) is 5.91 Å². The van der Waals surface area contributed by atoms with Crippen molar-refractivity contribution in [3.05, 3.63) is 35.8 Å². The largest absolute Gasteiger partial charge is 0.448 e. The molecular formula is C14H16FNO3. The number of fused-ring (bicyclic) bond motifs is 1. The molecule has 2 N–H and O–H groups in total. The van der Waals surface area contributed by atoms with Crippen LogP contribution in [0.2, 0.25) is 0 Å². The number of para-hydroxylation sites is 1. The first-order valence-corrected chi connectivity index (χ1v) is 6.13. The molecule has 1 aromatic carbocycles. The molecule has 102 valence electrons. The van der Waals surface area contributed by atoms with Gasteiger partial charge in [0.15, 0.2) is 17.2 Å².